The van der Waals surface area contributed by atoms with Crippen LogP contribution in [0.4, 0.5) is 5.13 Å². The van der Waals surface area contributed by atoms with Crippen LogP contribution in [0.25, 0.3) is 0 Å². The van der Waals surface area contributed by atoms with Crippen molar-refractivity contribution < 1.29 is 4.79 Å². The summed E-state index contributed by atoms with van der Waals surface area (Å²) in [5.41, 5.74) is -0.855. The third kappa shape index (κ3) is 4.34. The smallest absolute Gasteiger partial charge is 0.234 e. The number of nitrogens with one attached hydrogen (secondary N) is 2. The maximum absolute atomic E-state index is 12.3. The van der Waals surface area contributed by atoms with Gasteiger partial charge in [-0.1, -0.05) is 36.9 Å². The van der Waals surface area contributed by atoms with Crippen LogP contribution in [0.5, 0.6) is 0 Å². The van der Waals surface area contributed by atoms with Gasteiger partial charge in [0.2, 0.25) is 11.0 Å². The van der Waals surface area contributed by atoms with Crippen molar-refractivity contribution in [2.45, 2.75) is 61.7 Å². The Morgan fingerprint density at radius 1 is 1.45 bits per heavy atom. The first kappa shape index (κ1) is 17.0. The van der Waals surface area contributed by atoms with Crippen LogP contribution in [0.15, 0.2) is 4.34 Å². The normalized spacial score (nSPS) is 18.4. The van der Waals surface area contributed by atoms with Crippen molar-refractivity contribution in [1.82, 2.24) is 15.5 Å². The summed E-state index contributed by atoms with van der Waals surface area (Å²) in [7, 11) is 0. The fourth-order valence-corrected chi connectivity index (χ4v) is 3.55. The molecule has 0 bridgehead atoms. The molecule has 2 atom stereocenters. The van der Waals surface area contributed by atoms with Crippen molar-refractivity contribution in [2.24, 2.45) is 5.92 Å². The molecule has 1 amide bonds. The fraction of sp³-hybridized carbons (Fsp3) is 0.714. The average Bonchev–Trinajstić information content (AvgIpc) is 3.17. The zero-order valence-corrected chi connectivity index (χ0v) is 14.8. The van der Waals surface area contributed by atoms with Crippen LogP contribution < -0.4 is 10.6 Å². The minimum absolute atomic E-state index is 0.0366. The lowest BCUT2D eigenvalue weighted by Gasteiger charge is -2.28. The molecule has 1 aromatic heterocycles. The second-order valence-electron chi connectivity index (χ2n) is 6.01. The molecule has 1 fully saturated rings. The summed E-state index contributed by atoms with van der Waals surface area (Å²) in [6.45, 7) is 7.40. The van der Waals surface area contributed by atoms with Gasteiger partial charge in [0.05, 0.1) is 11.3 Å². The minimum Gasteiger partial charge on any atom is -0.357 e. The largest absolute Gasteiger partial charge is 0.357 e. The Morgan fingerprint density at radius 3 is 2.68 bits per heavy atom. The van der Waals surface area contributed by atoms with E-state index >= 15 is 0 Å². The van der Waals surface area contributed by atoms with E-state index in [1.165, 1.54) is 35.9 Å². The van der Waals surface area contributed by atoms with Gasteiger partial charge in [0.15, 0.2) is 4.34 Å². The number of amides is 1. The summed E-state index contributed by atoms with van der Waals surface area (Å²) in [5, 5.41) is 24.0. The molecule has 0 radical (unpaired) electrons. The number of hydrogen-bond donors (Lipinski definition) is 2. The van der Waals surface area contributed by atoms with Crippen molar-refractivity contribution >= 4 is 34.1 Å². The van der Waals surface area contributed by atoms with Gasteiger partial charge < -0.3 is 10.6 Å². The lowest BCUT2D eigenvalue weighted by Crippen LogP contribution is -2.51. The number of aromatic nitrogens is 2. The van der Waals surface area contributed by atoms with E-state index in [1.54, 1.807) is 6.92 Å². The number of thioether (sulfide) groups is 1. The molecule has 22 heavy (non-hydrogen) atoms. The van der Waals surface area contributed by atoms with E-state index in [0.717, 1.165) is 9.47 Å². The molecule has 0 saturated heterocycles. The van der Waals surface area contributed by atoms with Crippen molar-refractivity contribution in [3.8, 4) is 6.07 Å². The van der Waals surface area contributed by atoms with Crippen molar-refractivity contribution in [3.05, 3.63) is 0 Å². The molecule has 2 N–H and O–H groups in total. The summed E-state index contributed by atoms with van der Waals surface area (Å²) < 4.78 is 0.758. The third-order valence-electron chi connectivity index (χ3n) is 3.73. The topological polar surface area (TPSA) is 90.7 Å². The molecule has 120 valence electrons. The van der Waals surface area contributed by atoms with Gasteiger partial charge in [-0.3, -0.25) is 4.79 Å². The highest BCUT2D eigenvalue weighted by Crippen LogP contribution is 2.32. The van der Waals surface area contributed by atoms with Gasteiger partial charge in [0.25, 0.3) is 0 Å². The molecule has 1 aromatic rings. The SMILES string of the molecule is CC(C)[C@](C)(C#N)NC(=O)[C@@H](C)Sc1nnc(NC2CC2)s1. The summed E-state index contributed by atoms with van der Waals surface area (Å²) in [6, 6.07) is 2.72. The van der Waals surface area contributed by atoms with E-state index in [2.05, 4.69) is 26.9 Å². The van der Waals surface area contributed by atoms with E-state index in [0.29, 0.717) is 6.04 Å². The standard InChI is InChI=1S/C14H21N5OS2/c1-8(2)14(4,7-15)17-11(20)9(3)21-13-19-18-12(22-13)16-10-5-6-10/h8-10H,5-6H2,1-4H3,(H,16,18)(H,17,20)/t9-,14+/m1/s1. The van der Waals surface area contributed by atoms with Crippen molar-refractivity contribution in [2.75, 3.05) is 5.32 Å². The summed E-state index contributed by atoms with van der Waals surface area (Å²) in [6.07, 6.45) is 2.37. The van der Waals surface area contributed by atoms with Crippen LogP contribution in [0.3, 0.4) is 0 Å². The molecular formula is C14H21N5OS2. The molecule has 0 aliphatic heterocycles. The first-order valence-corrected chi connectivity index (χ1v) is 9.03. The minimum atomic E-state index is -0.855. The first-order chi connectivity index (χ1) is 10.3. The second-order valence-corrected chi connectivity index (χ2v) is 8.58. The number of anilines is 1. The van der Waals surface area contributed by atoms with Crippen LogP contribution in [-0.4, -0.2) is 32.9 Å². The molecule has 1 aliphatic rings. The predicted octanol–water partition coefficient (Wildman–Crippen LogP) is 2.65. The van der Waals surface area contributed by atoms with Crippen LogP contribution in [-0.2, 0) is 4.79 Å². The summed E-state index contributed by atoms with van der Waals surface area (Å²) >= 11 is 2.83. The average molecular weight is 339 g/mol. The van der Waals surface area contributed by atoms with Crippen LogP contribution >= 0.6 is 23.1 Å². The molecule has 1 heterocycles. The molecule has 0 aromatic carbocycles. The highest BCUT2D eigenvalue weighted by molar-refractivity contribution is 8.02. The Hall–Kier alpha value is -1.33. The number of nitrogens with zero attached hydrogens (tertiary/aromatic N) is 3. The van der Waals surface area contributed by atoms with Crippen molar-refractivity contribution in [3.63, 3.8) is 0 Å². The van der Waals surface area contributed by atoms with Crippen LogP contribution in [0, 0.1) is 17.2 Å². The van der Waals surface area contributed by atoms with E-state index in [4.69, 9.17) is 0 Å². The highest BCUT2D eigenvalue weighted by Gasteiger charge is 2.32. The van der Waals surface area contributed by atoms with E-state index < -0.39 is 5.54 Å². The number of carbonyl (C=O) groups excluding carboxylic acids is 1. The number of hydrogen-bond acceptors (Lipinski definition) is 7. The van der Waals surface area contributed by atoms with Gasteiger partial charge in [-0.15, -0.1) is 10.2 Å². The molecule has 6 nitrogen and oxygen atoms in total. The van der Waals surface area contributed by atoms with Gasteiger partial charge in [0.1, 0.15) is 5.54 Å². The second kappa shape index (κ2) is 6.84. The van der Waals surface area contributed by atoms with Gasteiger partial charge in [-0.25, -0.2) is 0 Å². The Kier molecular flexibility index (Phi) is 5.29. The Balaban J connectivity index is 1.90. The Labute approximate surface area is 139 Å². The molecule has 0 unspecified atom stereocenters. The molecule has 0 spiro atoms. The lowest BCUT2D eigenvalue weighted by atomic mass is 9.90. The zero-order chi connectivity index (χ0) is 16.3. The van der Waals surface area contributed by atoms with Gasteiger partial charge in [-0.2, -0.15) is 5.26 Å². The highest BCUT2D eigenvalue weighted by atomic mass is 32.2. The molecule has 8 heteroatoms. The Morgan fingerprint density at radius 2 is 2.14 bits per heavy atom. The van der Waals surface area contributed by atoms with E-state index in [-0.39, 0.29) is 17.1 Å². The molecule has 2 rings (SSSR count). The molecule has 1 saturated carbocycles. The number of carbonyl (C=O) groups is 1. The van der Waals surface area contributed by atoms with Crippen molar-refractivity contribution in [1.29, 1.82) is 5.26 Å². The zero-order valence-electron chi connectivity index (χ0n) is 13.2. The maximum atomic E-state index is 12.3. The fourth-order valence-electron chi connectivity index (χ4n) is 1.58. The number of nitriles is 1. The molecule has 1 aliphatic carbocycles. The van der Waals surface area contributed by atoms with Gasteiger partial charge in [0, 0.05) is 6.04 Å². The Bertz CT molecular complexity index is 578. The maximum Gasteiger partial charge on any atom is 0.234 e. The van der Waals surface area contributed by atoms with Gasteiger partial charge in [-0.05, 0) is 32.6 Å². The predicted molar refractivity (Wildman–Crippen MR) is 88.9 cm³/mol. The van der Waals surface area contributed by atoms with Crippen LogP contribution in [0.1, 0.15) is 40.5 Å². The van der Waals surface area contributed by atoms with Crippen LogP contribution in [0.2, 0.25) is 0 Å². The lowest BCUT2D eigenvalue weighted by molar-refractivity contribution is -0.121. The summed E-state index contributed by atoms with van der Waals surface area (Å²) in [4.78, 5) is 12.3. The van der Waals surface area contributed by atoms with Gasteiger partial charge >= 0.3 is 0 Å². The number of rotatable bonds is 7. The van der Waals surface area contributed by atoms with E-state index in [1.807, 2.05) is 20.8 Å². The summed E-state index contributed by atoms with van der Waals surface area (Å²) in [5.74, 6) is -0.121. The third-order valence-corrected chi connectivity index (χ3v) is 5.77. The quantitative estimate of drug-likeness (QED) is 0.742. The van der Waals surface area contributed by atoms with E-state index in [9.17, 15) is 10.1 Å². The first-order valence-electron chi connectivity index (χ1n) is 7.34. The molecular weight excluding hydrogens is 318 g/mol. The monoisotopic (exact) mass is 339 g/mol.